The highest BCUT2D eigenvalue weighted by Gasteiger charge is 2.42. The number of ether oxygens (including phenoxy) is 1. The van der Waals surface area contributed by atoms with Gasteiger partial charge in [-0.1, -0.05) is 6.92 Å². The highest BCUT2D eigenvalue weighted by molar-refractivity contribution is 4.93. The van der Waals surface area contributed by atoms with Gasteiger partial charge < -0.3 is 31.1 Å². The molecule has 0 aromatic rings. The van der Waals surface area contributed by atoms with Crippen LogP contribution in [0.2, 0.25) is 0 Å². The number of rotatable bonds is 4. The Labute approximate surface area is 89.0 Å². The number of aliphatic hydroxyl groups excluding tert-OH is 3. The van der Waals surface area contributed by atoms with Gasteiger partial charge >= 0.3 is 0 Å². The Hall–Kier alpha value is -0.240. The van der Waals surface area contributed by atoms with Gasteiger partial charge in [0.05, 0.1) is 12.6 Å². The fourth-order valence-electron chi connectivity index (χ4n) is 1.69. The van der Waals surface area contributed by atoms with Crippen LogP contribution < -0.4 is 11.1 Å². The van der Waals surface area contributed by atoms with E-state index in [4.69, 9.17) is 15.6 Å². The topological polar surface area (TPSA) is 108 Å². The molecule has 0 spiro atoms. The second-order valence-corrected chi connectivity index (χ2v) is 3.78. The predicted molar refractivity (Wildman–Crippen MR) is 54.0 cm³/mol. The minimum absolute atomic E-state index is 0.355. The number of hydrogen-bond acceptors (Lipinski definition) is 6. The zero-order valence-corrected chi connectivity index (χ0v) is 8.84. The Kier molecular flexibility index (Phi) is 4.91. The summed E-state index contributed by atoms with van der Waals surface area (Å²) < 4.78 is 5.18. The van der Waals surface area contributed by atoms with Crippen molar-refractivity contribution in [3.8, 4) is 0 Å². The van der Waals surface area contributed by atoms with Crippen LogP contribution in [0.1, 0.15) is 13.3 Å². The highest BCUT2D eigenvalue weighted by atomic mass is 16.5. The monoisotopic (exact) mass is 220 g/mol. The summed E-state index contributed by atoms with van der Waals surface area (Å²) in [6.07, 6.45) is -2.75. The average molecular weight is 220 g/mol. The van der Waals surface area contributed by atoms with E-state index in [-0.39, 0.29) is 6.61 Å². The molecule has 0 aromatic heterocycles. The first-order valence-corrected chi connectivity index (χ1v) is 5.23. The molecule has 90 valence electrons. The molecule has 0 radical (unpaired) electrons. The van der Waals surface area contributed by atoms with Gasteiger partial charge in [-0.25, -0.2) is 0 Å². The van der Waals surface area contributed by atoms with E-state index in [2.05, 4.69) is 5.32 Å². The van der Waals surface area contributed by atoms with Gasteiger partial charge in [-0.05, 0) is 13.0 Å². The van der Waals surface area contributed by atoms with Crippen LogP contribution in [0.4, 0.5) is 0 Å². The quantitative estimate of drug-likeness (QED) is 0.366. The van der Waals surface area contributed by atoms with Crippen molar-refractivity contribution in [2.45, 2.75) is 43.9 Å². The van der Waals surface area contributed by atoms with Gasteiger partial charge in [0.25, 0.3) is 0 Å². The molecule has 1 aliphatic rings. The second-order valence-electron chi connectivity index (χ2n) is 3.78. The molecular formula is C9H20N2O4. The molecule has 0 bridgehead atoms. The summed E-state index contributed by atoms with van der Waals surface area (Å²) in [5.74, 6) is 0. The molecular weight excluding hydrogens is 200 g/mol. The number of hydrogen-bond donors (Lipinski definition) is 5. The molecule has 0 aliphatic carbocycles. The Morgan fingerprint density at radius 1 is 1.33 bits per heavy atom. The maximum absolute atomic E-state index is 9.75. The molecule has 0 amide bonds. The largest absolute Gasteiger partial charge is 0.394 e. The first kappa shape index (κ1) is 12.8. The maximum Gasteiger partial charge on any atom is 0.124 e. The molecule has 0 saturated carbocycles. The first-order valence-electron chi connectivity index (χ1n) is 5.23. The molecule has 0 aromatic carbocycles. The number of nitrogens with two attached hydrogens (primary N) is 1. The van der Waals surface area contributed by atoms with Gasteiger partial charge in [0.2, 0.25) is 0 Å². The number of aliphatic hydroxyl groups is 3. The fraction of sp³-hybridized carbons (Fsp3) is 1.00. The van der Waals surface area contributed by atoms with E-state index in [1.807, 2.05) is 6.92 Å². The van der Waals surface area contributed by atoms with Crippen LogP contribution in [-0.2, 0) is 4.74 Å². The fourth-order valence-corrected chi connectivity index (χ4v) is 1.69. The van der Waals surface area contributed by atoms with Crippen molar-refractivity contribution in [2.24, 2.45) is 5.73 Å². The Balaban J connectivity index is 2.58. The Morgan fingerprint density at radius 2 is 2.00 bits per heavy atom. The van der Waals surface area contributed by atoms with Gasteiger partial charge in [-0.3, -0.25) is 0 Å². The van der Waals surface area contributed by atoms with E-state index in [0.29, 0.717) is 6.54 Å². The molecule has 1 aliphatic heterocycles. The van der Waals surface area contributed by atoms with Crippen molar-refractivity contribution < 1.29 is 20.1 Å². The summed E-state index contributed by atoms with van der Waals surface area (Å²) in [6, 6.07) is -0.497. The van der Waals surface area contributed by atoms with E-state index in [9.17, 15) is 10.2 Å². The summed E-state index contributed by atoms with van der Waals surface area (Å²) in [6.45, 7) is 2.32. The lowest BCUT2D eigenvalue weighted by molar-refractivity contribution is -0.192. The van der Waals surface area contributed by atoms with E-state index < -0.39 is 30.6 Å². The van der Waals surface area contributed by atoms with Gasteiger partial charge in [0.1, 0.15) is 24.5 Å². The van der Waals surface area contributed by atoms with Crippen LogP contribution in [0.15, 0.2) is 0 Å². The van der Waals surface area contributed by atoms with Crippen LogP contribution in [0.25, 0.3) is 0 Å². The number of nitrogens with one attached hydrogen (secondary N) is 1. The first-order chi connectivity index (χ1) is 7.11. The molecule has 6 N–H and O–H groups in total. The van der Waals surface area contributed by atoms with E-state index >= 15 is 0 Å². The molecule has 15 heavy (non-hydrogen) atoms. The third kappa shape index (κ3) is 2.87. The molecule has 1 heterocycles. The van der Waals surface area contributed by atoms with Gasteiger partial charge in [-0.15, -0.1) is 0 Å². The van der Waals surface area contributed by atoms with Crippen molar-refractivity contribution in [1.29, 1.82) is 0 Å². The minimum atomic E-state index is -1.11. The lowest BCUT2D eigenvalue weighted by Crippen LogP contribution is -2.65. The summed E-state index contributed by atoms with van der Waals surface area (Å²) in [5, 5.41) is 31.2. The Bertz CT molecular complexity index is 193. The van der Waals surface area contributed by atoms with Crippen molar-refractivity contribution >= 4 is 0 Å². The van der Waals surface area contributed by atoms with E-state index in [1.165, 1.54) is 0 Å². The molecule has 1 fully saturated rings. The maximum atomic E-state index is 9.75. The van der Waals surface area contributed by atoms with Gasteiger partial charge in [0, 0.05) is 0 Å². The lowest BCUT2D eigenvalue weighted by Gasteiger charge is -2.41. The second kappa shape index (κ2) is 5.74. The molecule has 1 rings (SSSR count). The van der Waals surface area contributed by atoms with Crippen LogP contribution in [-0.4, -0.2) is 59.1 Å². The zero-order valence-electron chi connectivity index (χ0n) is 8.84. The average Bonchev–Trinajstić information content (AvgIpc) is 2.23. The van der Waals surface area contributed by atoms with Gasteiger partial charge in [-0.2, -0.15) is 0 Å². The lowest BCUT2D eigenvalue weighted by atomic mass is 9.96. The van der Waals surface area contributed by atoms with Crippen LogP contribution in [0, 0.1) is 0 Å². The SMILES string of the molecule is CCCN[C@H]1C(N)O[C@H](CO)[C@@H](O)[C@@H]1O. The van der Waals surface area contributed by atoms with E-state index in [0.717, 1.165) is 6.42 Å². The van der Waals surface area contributed by atoms with Gasteiger partial charge in [0.15, 0.2) is 0 Å². The molecule has 1 unspecified atom stereocenters. The van der Waals surface area contributed by atoms with Crippen molar-refractivity contribution in [3.05, 3.63) is 0 Å². The standard InChI is InChI=1S/C9H20N2O4/c1-2-3-11-6-8(14)7(13)5(4-12)15-9(6)10/h5-9,11-14H,2-4,10H2,1H3/t5-,6-,7-,8-,9?/m1/s1. The summed E-state index contributed by atoms with van der Waals surface area (Å²) >= 11 is 0. The molecule has 5 atom stereocenters. The Morgan fingerprint density at radius 3 is 2.53 bits per heavy atom. The summed E-state index contributed by atoms with van der Waals surface area (Å²) in [5.41, 5.74) is 5.67. The third-order valence-electron chi connectivity index (χ3n) is 2.59. The van der Waals surface area contributed by atoms with E-state index in [1.54, 1.807) is 0 Å². The summed E-state index contributed by atoms with van der Waals surface area (Å²) in [7, 11) is 0. The van der Waals surface area contributed by atoms with Crippen LogP contribution in [0.3, 0.4) is 0 Å². The third-order valence-corrected chi connectivity index (χ3v) is 2.59. The molecule has 6 nitrogen and oxygen atoms in total. The zero-order chi connectivity index (χ0) is 11.4. The normalized spacial score (nSPS) is 41.8. The summed E-state index contributed by atoms with van der Waals surface area (Å²) in [4.78, 5) is 0. The molecule has 1 saturated heterocycles. The molecule has 6 heteroatoms. The minimum Gasteiger partial charge on any atom is -0.394 e. The van der Waals surface area contributed by atoms with Crippen molar-refractivity contribution in [2.75, 3.05) is 13.2 Å². The van der Waals surface area contributed by atoms with Crippen molar-refractivity contribution in [3.63, 3.8) is 0 Å². The highest BCUT2D eigenvalue weighted by Crippen LogP contribution is 2.18. The van der Waals surface area contributed by atoms with Crippen molar-refractivity contribution in [1.82, 2.24) is 5.32 Å². The van der Waals surface area contributed by atoms with Crippen LogP contribution >= 0.6 is 0 Å². The van der Waals surface area contributed by atoms with Crippen LogP contribution in [0.5, 0.6) is 0 Å². The predicted octanol–water partition coefficient (Wildman–Crippen LogP) is -2.25. The smallest absolute Gasteiger partial charge is 0.124 e.